The van der Waals surface area contributed by atoms with E-state index < -0.39 is 28.1 Å². The van der Waals surface area contributed by atoms with Crippen LogP contribution >= 0.6 is 0 Å². The van der Waals surface area contributed by atoms with Gasteiger partial charge in [-0.05, 0) is 28.5 Å². The highest BCUT2D eigenvalue weighted by Crippen LogP contribution is 2.71. The third-order valence-electron chi connectivity index (χ3n) is 7.57. The van der Waals surface area contributed by atoms with Crippen molar-refractivity contribution in [2.45, 2.75) is 50.4 Å². The molecule has 0 spiro atoms. The van der Waals surface area contributed by atoms with Gasteiger partial charge in [-0.2, -0.15) is 0 Å². The molecule has 0 saturated heterocycles. The van der Waals surface area contributed by atoms with E-state index in [1.54, 1.807) is 0 Å². The Bertz CT molecular complexity index is 1140. The molecule has 184 valence electrons. The highest BCUT2D eigenvalue weighted by Gasteiger charge is 2.79. The molecule has 2 N–H and O–H groups in total. The minimum atomic E-state index is -1.91. The first-order chi connectivity index (χ1) is 16.7. The van der Waals surface area contributed by atoms with Crippen molar-refractivity contribution in [3.63, 3.8) is 0 Å². The number of nitrogens with one attached hydrogen (secondary N) is 2. The van der Waals surface area contributed by atoms with Crippen LogP contribution in [0.4, 0.5) is 9.18 Å². The maximum absolute atomic E-state index is 18.3. The van der Waals surface area contributed by atoms with E-state index in [0.717, 1.165) is 11.1 Å². The van der Waals surface area contributed by atoms with Crippen LogP contribution in [0.2, 0.25) is 0 Å². The summed E-state index contributed by atoms with van der Waals surface area (Å²) in [7, 11) is 0.438. The number of alkyl halides is 1. The highest BCUT2D eigenvalue weighted by molar-refractivity contribution is 5.98. The Morgan fingerprint density at radius 1 is 0.914 bits per heavy atom. The van der Waals surface area contributed by atoms with Crippen molar-refractivity contribution in [3.05, 3.63) is 108 Å². The topological polar surface area (TPSA) is 50.4 Å². The Labute approximate surface area is 210 Å². The van der Waals surface area contributed by atoms with Crippen LogP contribution < -0.4 is 10.6 Å². The van der Waals surface area contributed by atoms with Crippen molar-refractivity contribution < 1.29 is 13.6 Å². The minimum Gasteiger partial charge on any atom is -0.425 e. The van der Waals surface area contributed by atoms with Crippen LogP contribution in [0, 0.1) is 5.41 Å². The molecule has 2 amide bonds. The first-order valence-corrected chi connectivity index (χ1v) is 12.9. The number of urea groups is 1. The second-order valence-electron chi connectivity index (χ2n) is 10.5. The zero-order chi connectivity index (χ0) is 25.2. The fourth-order valence-electron chi connectivity index (χ4n) is 6.03. The number of carbonyl (C=O) groups excluding carboxylic acids is 1. The van der Waals surface area contributed by atoms with Gasteiger partial charge < -0.3 is 15.1 Å². The lowest BCUT2D eigenvalue weighted by atomic mass is 9.36. The van der Waals surface area contributed by atoms with E-state index in [1.165, 1.54) is 0 Å². The molecule has 6 heteroatoms. The first kappa shape index (κ1) is 25.1. The largest absolute Gasteiger partial charge is 0.425 e. The predicted octanol–water partition coefficient (Wildman–Crippen LogP) is 4.77. The molecule has 3 aromatic carbocycles. The number of carbonyl (C=O) groups is 1. The summed E-state index contributed by atoms with van der Waals surface area (Å²) in [6.07, 6.45) is 0.417. The summed E-state index contributed by atoms with van der Waals surface area (Å²) in [5.41, 5.74) is -2.01. The molecular formula is C29H35FN2O2Si. The molecule has 0 radical (unpaired) electrons. The van der Waals surface area contributed by atoms with Gasteiger partial charge in [0, 0.05) is 12.0 Å². The van der Waals surface area contributed by atoms with Gasteiger partial charge in [0.05, 0.1) is 6.61 Å². The van der Waals surface area contributed by atoms with E-state index >= 15 is 4.39 Å². The fourth-order valence-corrected chi connectivity index (χ4v) is 6.52. The zero-order valence-corrected chi connectivity index (χ0v) is 23.0. The van der Waals surface area contributed by atoms with Crippen molar-refractivity contribution in [2.24, 2.45) is 5.41 Å². The maximum atomic E-state index is 18.3. The smallest absolute Gasteiger partial charge is 0.315 e. The van der Waals surface area contributed by atoms with Crippen LogP contribution in [0.3, 0.4) is 0 Å². The molecule has 0 heterocycles. The number of rotatable bonds is 7. The van der Waals surface area contributed by atoms with Crippen LogP contribution in [0.5, 0.6) is 0 Å². The Kier molecular flexibility index (Phi) is 6.89. The molecule has 3 atom stereocenters. The van der Waals surface area contributed by atoms with Gasteiger partial charge in [-0.1, -0.05) is 112 Å². The van der Waals surface area contributed by atoms with Crippen molar-refractivity contribution >= 4 is 16.5 Å². The third kappa shape index (κ3) is 4.09. The maximum Gasteiger partial charge on any atom is 0.315 e. The molecule has 3 aromatic rings. The molecule has 4 rings (SSSR count). The minimum absolute atomic E-state index is 0.105. The van der Waals surface area contributed by atoms with Crippen LogP contribution in [0.25, 0.3) is 0 Å². The number of halogens is 1. The summed E-state index contributed by atoms with van der Waals surface area (Å²) >= 11 is 0. The Morgan fingerprint density at radius 3 is 1.94 bits per heavy atom. The van der Waals surface area contributed by atoms with Gasteiger partial charge in [0.15, 0.2) is 5.67 Å². The van der Waals surface area contributed by atoms with Gasteiger partial charge >= 0.3 is 6.03 Å². The highest BCUT2D eigenvalue weighted by atomic mass is 28.2. The molecule has 35 heavy (non-hydrogen) atoms. The molecule has 1 fully saturated rings. The van der Waals surface area contributed by atoms with Gasteiger partial charge in [0.25, 0.3) is 0 Å². The van der Waals surface area contributed by atoms with E-state index in [1.807, 2.05) is 91.0 Å². The molecule has 4 nitrogen and oxygen atoms in total. The van der Waals surface area contributed by atoms with Gasteiger partial charge in [0.1, 0.15) is 16.0 Å². The SMILES string of the molecule is CC(C)(C)C1(c2ccccc2)CC(CO[SiH3])(NC(=O)NCc2ccccc2)C1(F)c1ccccc1. The summed E-state index contributed by atoms with van der Waals surface area (Å²) in [5.74, 6) is 0. The van der Waals surface area contributed by atoms with E-state index in [4.69, 9.17) is 4.43 Å². The van der Waals surface area contributed by atoms with Gasteiger partial charge in [-0.15, -0.1) is 0 Å². The van der Waals surface area contributed by atoms with Crippen LogP contribution in [0.1, 0.15) is 43.9 Å². The first-order valence-electron chi connectivity index (χ1n) is 12.1. The van der Waals surface area contributed by atoms with Crippen molar-refractivity contribution in [1.29, 1.82) is 0 Å². The quantitative estimate of drug-likeness (QED) is 0.469. The van der Waals surface area contributed by atoms with E-state index in [-0.39, 0.29) is 6.61 Å². The molecule has 1 aliphatic rings. The molecule has 0 aliphatic heterocycles. The standard InChI is InChI=1S/C29H35FN2O2Si/c1-26(2,3)28(23-15-9-5-10-16-23)20-27(21-34-35,29(28,30)24-17-11-6-12-18-24)32-25(33)31-19-22-13-7-4-8-14-22/h4-18H,19-21H2,1-3,35H3,(H2,31,32,33). The summed E-state index contributed by atoms with van der Waals surface area (Å²) in [6, 6.07) is 28.4. The monoisotopic (exact) mass is 490 g/mol. The summed E-state index contributed by atoms with van der Waals surface area (Å²) < 4.78 is 24.0. The molecule has 1 aliphatic carbocycles. The summed E-state index contributed by atoms with van der Waals surface area (Å²) in [4.78, 5) is 13.2. The lowest BCUT2D eigenvalue weighted by Gasteiger charge is -2.71. The fraction of sp³-hybridized carbons (Fsp3) is 0.345. The second-order valence-corrected chi connectivity index (χ2v) is 11.1. The molecular weight excluding hydrogens is 455 g/mol. The van der Waals surface area contributed by atoms with E-state index in [9.17, 15) is 4.79 Å². The third-order valence-corrected chi connectivity index (χ3v) is 7.86. The summed E-state index contributed by atoms with van der Waals surface area (Å²) in [6.45, 7) is 6.71. The van der Waals surface area contributed by atoms with E-state index in [2.05, 4.69) is 31.4 Å². The number of hydrogen-bond donors (Lipinski definition) is 2. The Morgan fingerprint density at radius 2 is 1.43 bits per heavy atom. The van der Waals surface area contributed by atoms with Crippen LogP contribution in [-0.4, -0.2) is 28.7 Å². The molecule has 0 bridgehead atoms. The molecule has 3 unspecified atom stereocenters. The van der Waals surface area contributed by atoms with Gasteiger partial charge in [-0.3, -0.25) is 0 Å². The van der Waals surface area contributed by atoms with Crippen LogP contribution in [0.15, 0.2) is 91.0 Å². The van der Waals surface area contributed by atoms with Gasteiger partial charge in [0.2, 0.25) is 0 Å². The van der Waals surface area contributed by atoms with Crippen molar-refractivity contribution in [1.82, 2.24) is 10.6 Å². The lowest BCUT2D eigenvalue weighted by molar-refractivity contribution is -0.204. The average molecular weight is 491 g/mol. The zero-order valence-electron chi connectivity index (χ0n) is 21.0. The normalized spacial score (nSPS) is 26.1. The Balaban J connectivity index is 1.79. The van der Waals surface area contributed by atoms with Crippen LogP contribution in [-0.2, 0) is 22.1 Å². The average Bonchev–Trinajstić information content (AvgIpc) is 2.86. The summed E-state index contributed by atoms with van der Waals surface area (Å²) in [5, 5.41) is 5.97. The predicted molar refractivity (Wildman–Crippen MR) is 142 cm³/mol. The van der Waals surface area contributed by atoms with Crippen molar-refractivity contribution in [3.8, 4) is 0 Å². The number of amides is 2. The van der Waals surface area contributed by atoms with E-state index in [0.29, 0.717) is 29.0 Å². The number of benzene rings is 3. The van der Waals surface area contributed by atoms with Crippen molar-refractivity contribution in [2.75, 3.05) is 6.61 Å². The lowest BCUT2D eigenvalue weighted by Crippen LogP contribution is -2.83. The van der Waals surface area contributed by atoms with Gasteiger partial charge in [-0.25, -0.2) is 9.18 Å². The molecule has 1 saturated carbocycles. The Hall–Kier alpha value is -2.96. The second kappa shape index (κ2) is 9.59. The number of hydrogen-bond acceptors (Lipinski definition) is 2. The molecule has 0 aromatic heterocycles.